The number of nitrogens with zero attached hydrogens (tertiary/aromatic N) is 2. The standard InChI is InChI=1S/C17H29FN2O2Si/c1-17(2,3)23(4,5)22-12-13-8-9-20(10-13)15-7-6-14(11-21)16(18)19-15/h6-7,13,21H,8-12H2,1-5H3. The predicted molar refractivity (Wildman–Crippen MR) is 93.6 cm³/mol. The van der Waals surface area contributed by atoms with E-state index in [9.17, 15) is 4.39 Å². The molecule has 1 aromatic heterocycles. The molecule has 0 spiro atoms. The second kappa shape index (κ2) is 6.87. The molecule has 1 fully saturated rings. The van der Waals surface area contributed by atoms with E-state index in [1.54, 1.807) is 12.1 Å². The zero-order chi connectivity index (χ0) is 17.3. The van der Waals surface area contributed by atoms with Crippen molar-refractivity contribution in [2.75, 3.05) is 24.6 Å². The number of hydrogen-bond donors (Lipinski definition) is 1. The Kier molecular flexibility index (Phi) is 5.48. The van der Waals surface area contributed by atoms with Gasteiger partial charge in [-0.3, -0.25) is 0 Å². The Morgan fingerprint density at radius 3 is 2.65 bits per heavy atom. The van der Waals surface area contributed by atoms with Crippen molar-refractivity contribution < 1.29 is 13.9 Å². The number of rotatable bonds is 5. The van der Waals surface area contributed by atoms with Crippen molar-refractivity contribution in [1.82, 2.24) is 4.98 Å². The van der Waals surface area contributed by atoms with Crippen LogP contribution >= 0.6 is 0 Å². The Morgan fingerprint density at radius 1 is 1.39 bits per heavy atom. The number of hydrogen-bond acceptors (Lipinski definition) is 4. The summed E-state index contributed by atoms with van der Waals surface area (Å²) in [7, 11) is -1.72. The molecule has 1 N–H and O–H groups in total. The Bertz CT molecular complexity index is 546. The van der Waals surface area contributed by atoms with E-state index in [2.05, 4.69) is 43.7 Å². The van der Waals surface area contributed by atoms with E-state index < -0.39 is 14.3 Å². The summed E-state index contributed by atoms with van der Waals surface area (Å²) in [6.45, 7) is 13.4. The van der Waals surface area contributed by atoms with Crippen LogP contribution in [-0.2, 0) is 11.0 Å². The monoisotopic (exact) mass is 340 g/mol. The lowest BCUT2D eigenvalue weighted by Crippen LogP contribution is -2.42. The molecule has 0 amide bonds. The molecule has 1 unspecified atom stereocenters. The first kappa shape index (κ1) is 18.4. The summed E-state index contributed by atoms with van der Waals surface area (Å²) in [6.07, 6.45) is 1.04. The lowest BCUT2D eigenvalue weighted by Gasteiger charge is -2.37. The van der Waals surface area contributed by atoms with Gasteiger partial charge in [0.05, 0.1) is 6.61 Å². The van der Waals surface area contributed by atoms with Gasteiger partial charge in [0.15, 0.2) is 8.32 Å². The molecule has 4 nitrogen and oxygen atoms in total. The van der Waals surface area contributed by atoms with Crippen molar-refractivity contribution in [2.24, 2.45) is 5.92 Å². The lowest BCUT2D eigenvalue weighted by molar-refractivity contribution is 0.238. The van der Waals surface area contributed by atoms with Gasteiger partial charge in [-0.15, -0.1) is 0 Å². The van der Waals surface area contributed by atoms with Crippen molar-refractivity contribution in [3.05, 3.63) is 23.6 Å². The van der Waals surface area contributed by atoms with Crippen LogP contribution in [0.5, 0.6) is 0 Å². The molecule has 23 heavy (non-hydrogen) atoms. The quantitative estimate of drug-likeness (QED) is 0.657. The van der Waals surface area contributed by atoms with Gasteiger partial charge in [-0.1, -0.05) is 20.8 Å². The fourth-order valence-electron chi connectivity index (χ4n) is 2.47. The summed E-state index contributed by atoms with van der Waals surface area (Å²) >= 11 is 0. The molecule has 2 rings (SSSR count). The summed E-state index contributed by atoms with van der Waals surface area (Å²) in [5.41, 5.74) is 0.241. The highest BCUT2D eigenvalue weighted by atomic mass is 28.4. The summed E-state index contributed by atoms with van der Waals surface area (Å²) in [4.78, 5) is 6.08. The molecule has 1 aliphatic rings. The van der Waals surface area contributed by atoms with Crippen molar-refractivity contribution in [1.29, 1.82) is 0 Å². The average Bonchev–Trinajstić information content (AvgIpc) is 2.93. The van der Waals surface area contributed by atoms with Crippen LogP contribution in [0.4, 0.5) is 10.2 Å². The molecule has 0 bridgehead atoms. The molecule has 1 aliphatic heterocycles. The van der Waals surface area contributed by atoms with E-state index in [-0.39, 0.29) is 17.2 Å². The average molecular weight is 341 g/mol. The van der Waals surface area contributed by atoms with E-state index in [1.165, 1.54) is 0 Å². The Balaban J connectivity index is 1.93. The molecular formula is C17H29FN2O2Si. The topological polar surface area (TPSA) is 45.6 Å². The van der Waals surface area contributed by atoms with Gasteiger partial charge < -0.3 is 14.4 Å². The highest BCUT2D eigenvalue weighted by Crippen LogP contribution is 2.37. The van der Waals surface area contributed by atoms with Crippen LogP contribution in [0.2, 0.25) is 18.1 Å². The van der Waals surface area contributed by atoms with Crippen LogP contribution < -0.4 is 4.90 Å². The second-order valence-corrected chi connectivity index (χ2v) is 12.8. The van der Waals surface area contributed by atoms with Gasteiger partial charge in [-0.2, -0.15) is 4.39 Å². The first-order chi connectivity index (χ1) is 10.6. The van der Waals surface area contributed by atoms with E-state index in [0.29, 0.717) is 11.7 Å². The Hall–Kier alpha value is -0.983. The highest BCUT2D eigenvalue weighted by molar-refractivity contribution is 6.74. The van der Waals surface area contributed by atoms with Crippen LogP contribution in [0.15, 0.2) is 12.1 Å². The summed E-state index contributed by atoms with van der Waals surface area (Å²) < 4.78 is 20.0. The third-order valence-corrected chi connectivity index (χ3v) is 9.68. The second-order valence-electron chi connectivity index (χ2n) is 7.95. The van der Waals surface area contributed by atoms with Crippen LogP contribution in [0.3, 0.4) is 0 Å². The van der Waals surface area contributed by atoms with E-state index in [1.807, 2.05) is 0 Å². The number of aliphatic hydroxyl groups is 1. The van der Waals surface area contributed by atoms with Gasteiger partial charge >= 0.3 is 0 Å². The minimum Gasteiger partial charge on any atom is -0.416 e. The number of anilines is 1. The number of aliphatic hydroxyl groups excluding tert-OH is 1. The molecule has 1 saturated heterocycles. The van der Waals surface area contributed by atoms with Crippen LogP contribution in [0, 0.1) is 11.9 Å². The van der Waals surface area contributed by atoms with Crippen molar-refractivity contribution in [3.8, 4) is 0 Å². The Morgan fingerprint density at radius 2 is 2.09 bits per heavy atom. The maximum atomic E-state index is 13.7. The van der Waals surface area contributed by atoms with Gasteiger partial charge in [-0.25, -0.2) is 4.98 Å². The SMILES string of the molecule is CC(C)(C)[Si](C)(C)OCC1CCN(c2ccc(CO)c(F)n2)C1. The normalized spacial score (nSPS) is 19.4. The van der Waals surface area contributed by atoms with Gasteiger partial charge in [0.1, 0.15) is 5.82 Å². The van der Waals surface area contributed by atoms with Crippen LogP contribution in [0.25, 0.3) is 0 Å². The molecule has 0 aliphatic carbocycles. The van der Waals surface area contributed by atoms with Gasteiger partial charge in [0, 0.05) is 31.2 Å². The first-order valence-electron chi connectivity index (χ1n) is 8.29. The fourth-order valence-corrected chi connectivity index (χ4v) is 3.55. The molecule has 1 atom stereocenters. The van der Waals surface area contributed by atoms with Crippen LogP contribution in [-0.4, -0.2) is 38.1 Å². The number of aromatic nitrogens is 1. The molecule has 130 valence electrons. The third-order valence-electron chi connectivity index (χ3n) is 5.18. The maximum absolute atomic E-state index is 13.7. The van der Waals surface area contributed by atoms with Crippen molar-refractivity contribution in [3.63, 3.8) is 0 Å². The lowest BCUT2D eigenvalue weighted by atomic mass is 10.1. The minimum absolute atomic E-state index is 0.218. The molecule has 0 aromatic carbocycles. The first-order valence-corrected chi connectivity index (χ1v) is 11.2. The molecular weight excluding hydrogens is 311 g/mol. The zero-order valence-corrected chi connectivity index (χ0v) is 15.9. The number of halogens is 1. The smallest absolute Gasteiger partial charge is 0.220 e. The van der Waals surface area contributed by atoms with Gasteiger partial charge in [0.25, 0.3) is 0 Å². The third kappa shape index (κ3) is 4.31. The number of pyridine rings is 1. The molecule has 6 heteroatoms. The van der Waals surface area contributed by atoms with Gasteiger partial charge in [-0.05, 0) is 36.7 Å². The predicted octanol–water partition coefficient (Wildman–Crippen LogP) is 3.56. The highest BCUT2D eigenvalue weighted by Gasteiger charge is 2.38. The van der Waals surface area contributed by atoms with Crippen molar-refractivity contribution >= 4 is 14.1 Å². The minimum atomic E-state index is -1.72. The largest absolute Gasteiger partial charge is 0.416 e. The van der Waals surface area contributed by atoms with Crippen molar-refractivity contribution in [2.45, 2.75) is 51.9 Å². The van der Waals surface area contributed by atoms with E-state index in [0.717, 1.165) is 26.1 Å². The Labute approximate surface area is 139 Å². The van der Waals surface area contributed by atoms with E-state index in [4.69, 9.17) is 9.53 Å². The molecule has 0 saturated carbocycles. The molecule has 2 heterocycles. The summed E-state index contributed by atoms with van der Waals surface area (Å²) in [5.74, 6) is 0.534. The zero-order valence-electron chi connectivity index (χ0n) is 14.9. The summed E-state index contributed by atoms with van der Waals surface area (Å²) in [6, 6.07) is 3.39. The molecule has 1 aromatic rings. The van der Waals surface area contributed by atoms with E-state index >= 15 is 0 Å². The van der Waals surface area contributed by atoms with Crippen LogP contribution in [0.1, 0.15) is 32.8 Å². The molecule has 0 radical (unpaired) electrons. The summed E-state index contributed by atoms with van der Waals surface area (Å²) in [5, 5.41) is 9.24. The van der Waals surface area contributed by atoms with Gasteiger partial charge in [0.2, 0.25) is 5.95 Å². The fraction of sp³-hybridized carbons (Fsp3) is 0.706. The maximum Gasteiger partial charge on any atom is 0.220 e.